The number of esters is 1. The molecule has 4 rings (SSSR count). The van der Waals surface area contributed by atoms with E-state index in [4.69, 9.17) is 9.72 Å². The highest BCUT2D eigenvalue weighted by molar-refractivity contribution is 6.05. The van der Waals surface area contributed by atoms with E-state index in [1.54, 1.807) is 0 Å². The fourth-order valence-corrected chi connectivity index (χ4v) is 4.49. The zero-order chi connectivity index (χ0) is 19.5. The van der Waals surface area contributed by atoms with Gasteiger partial charge < -0.3 is 9.64 Å². The molecule has 1 aliphatic heterocycles. The Kier molecular flexibility index (Phi) is 5.60. The average molecular weight is 380 g/mol. The van der Waals surface area contributed by atoms with Crippen LogP contribution < -0.4 is 0 Å². The van der Waals surface area contributed by atoms with Gasteiger partial charge in [0.25, 0.3) is 5.91 Å². The summed E-state index contributed by atoms with van der Waals surface area (Å²) < 4.78 is 5.54. The van der Waals surface area contributed by atoms with E-state index in [1.807, 2.05) is 29.2 Å². The number of aromatic nitrogens is 1. The molecular weight excluding hydrogens is 352 g/mol. The van der Waals surface area contributed by atoms with E-state index in [0.29, 0.717) is 11.5 Å². The smallest absolute Gasteiger partial charge is 0.339 e. The molecule has 0 N–H and O–H groups in total. The third kappa shape index (κ3) is 3.89. The van der Waals surface area contributed by atoms with Crippen LogP contribution in [-0.2, 0) is 22.4 Å². The molecule has 1 atom stereocenters. The maximum absolute atomic E-state index is 13.1. The van der Waals surface area contributed by atoms with Gasteiger partial charge >= 0.3 is 5.97 Å². The highest BCUT2D eigenvalue weighted by Gasteiger charge is 2.25. The van der Waals surface area contributed by atoms with Crippen LogP contribution in [0.1, 0.15) is 60.6 Å². The lowest BCUT2D eigenvalue weighted by molar-refractivity contribution is -0.136. The van der Waals surface area contributed by atoms with Gasteiger partial charge in [0.1, 0.15) is 0 Å². The number of hydrogen-bond acceptors (Lipinski definition) is 4. The molecule has 1 aromatic heterocycles. The number of hydrogen-bond donors (Lipinski definition) is 0. The molecule has 5 heteroatoms. The van der Waals surface area contributed by atoms with Crippen LogP contribution >= 0.6 is 0 Å². The van der Waals surface area contributed by atoms with Crippen LogP contribution in [0.3, 0.4) is 0 Å². The SMILES string of the molecule is C[C@H]1CCCN(C(=O)COC(=O)c2c3c(nc4ccccc24)CCCCC3)C1. The van der Waals surface area contributed by atoms with Crippen LogP contribution in [-0.4, -0.2) is 41.5 Å². The minimum absolute atomic E-state index is 0.0932. The summed E-state index contributed by atoms with van der Waals surface area (Å²) in [7, 11) is 0. The lowest BCUT2D eigenvalue weighted by Crippen LogP contribution is -2.41. The van der Waals surface area contributed by atoms with Gasteiger partial charge in [0, 0.05) is 24.2 Å². The molecule has 0 radical (unpaired) electrons. The van der Waals surface area contributed by atoms with Gasteiger partial charge in [-0.1, -0.05) is 31.5 Å². The minimum atomic E-state index is -0.393. The zero-order valence-corrected chi connectivity index (χ0v) is 16.6. The number of carbonyl (C=O) groups is 2. The summed E-state index contributed by atoms with van der Waals surface area (Å²) >= 11 is 0. The molecule has 2 aliphatic rings. The van der Waals surface area contributed by atoms with Crippen LogP contribution in [0.2, 0.25) is 0 Å². The number of amides is 1. The molecule has 5 nitrogen and oxygen atoms in total. The van der Waals surface area contributed by atoms with E-state index < -0.39 is 5.97 Å². The van der Waals surface area contributed by atoms with Crippen molar-refractivity contribution in [1.82, 2.24) is 9.88 Å². The Balaban J connectivity index is 1.58. The summed E-state index contributed by atoms with van der Waals surface area (Å²) in [4.78, 5) is 32.2. The second-order valence-electron chi connectivity index (χ2n) is 8.15. The molecule has 1 aromatic carbocycles. The quantitative estimate of drug-likeness (QED) is 0.598. The Labute approximate surface area is 166 Å². The second-order valence-corrected chi connectivity index (χ2v) is 8.15. The van der Waals surface area contributed by atoms with Crippen molar-refractivity contribution >= 4 is 22.8 Å². The molecule has 148 valence electrons. The summed E-state index contributed by atoms with van der Waals surface area (Å²) in [6.07, 6.45) is 7.20. The molecule has 1 aliphatic carbocycles. The second kappa shape index (κ2) is 8.29. The molecule has 1 fully saturated rings. The summed E-state index contributed by atoms with van der Waals surface area (Å²) in [5, 5.41) is 0.826. The van der Waals surface area contributed by atoms with E-state index in [1.165, 1.54) is 0 Å². The molecule has 1 amide bonds. The lowest BCUT2D eigenvalue weighted by atomic mass is 9.97. The summed E-state index contributed by atoms with van der Waals surface area (Å²) in [5.41, 5.74) is 3.47. The molecule has 2 aromatic rings. The number of para-hydroxylation sites is 1. The number of fused-ring (bicyclic) bond motifs is 2. The van der Waals surface area contributed by atoms with E-state index >= 15 is 0 Å². The van der Waals surface area contributed by atoms with Gasteiger partial charge in [-0.15, -0.1) is 0 Å². The highest BCUT2D eigenvalue weighted by Crippen LogP contribution is 2.29. The van der Waals surface area contributed by atoms with Gasteiger partial charge in [-0.05, 0) is 56.1 Å². The average Bonchev–Trinajstić information content (AvgIpc) is 2.95. The number of pyridine rings is 1. The van der Waals surface area contributed by atoms with Crippen molar-refractivity contribution < 1.29 is 14.3 Å². The number of aryl methyl sites for hydroxylation is 1. The van der Waals surface area contributed by atoms with Crippen molar-refractivity contribution in [3.05, 3.63) is 41.1 Å². The largest absolute Gasteiger partial charge is 0.452 e. The standard InChI is InChI=1S/C23H28N2O3/c1-16-8-7-13-25(14-16)21(26)15-28-23(27)22-17-9-3-2-4-11-19(17)24-20-12-6-5-10-18(20)22/h5-6,10,12,16H,2-4,7-9,11,13-15H2,1H3/t16-/m0/s1. The molecular formula is C23H28N2O3. The fraction of sp³-hybridized carbons (Fsp3) is 0.522. The van der Waals surface area contributed by atoms with Gasteiger partial charge in [-0.3, -0.25) is 9.78 Å². The topological polar surface area (TPSA) is 59.5 Å². The minimum Gasteiger partial charge on any atom is -0.452 e. The van der Waals surface area contributed by atoms with Gasteiger partial charge in [-0.2, -0.15) is 0 Å². The molecule has 2 heterocycles. The number of ether oxygens (including phenoxy) is 1. The molecule has 1 saturated heterocycles. The third-order valence-corrected chi connectivity index (χ3v) is 5.96. The predicted molar refractivity (Wildman–Crippen MR) is 108 cm³/mol. The Morgan fingerprint density at radius 3 is 2.82 bits per heavy atom. The number of piperidine rings is 1. The summed E-state index contributed by atoms with van der Waals surface area (Å²) in [6.45, 7) is 3.49. The van der Waals surface area contributed by atoms with Crippen LogP contribution in [0, 0.1) is 5.92 Å². The van der Waals surface area contributed by atoms with Gasteiger partial charge in [0.2, 0.25) is 0 Å². The van der Waals surface area contributed by atoms with E-state index in [-0.39, 0.29) is 12.5 Å². The first-order chi connectivity index (χ1) is 13.6. The fourth-order valence-electron chi connectivity index (χ4n) is 4.49. The first-order valence-corrected chi connectivity index (χ1v) is 10.5. The first-order valence-electron chi connectivity index (χ1n) is 10.5. The van der Waals surface area contributed by atoms with Crippen LogP contribution in [0.5, 0.6) is 0 Å². The van der Waals surface area contributed by atoms with Crippen molar-refractivity contribution in [2.45, 2.75) is 51.9 Å². The van der Waals surface area contributed by atoms with Crippen molar-refractivity contribution in [1.29, 1.82) is 0 Å². The monoisotopic (exact) mass is 380 g/mol. The Bertz CT molecular complexity index is 893. The number of likely N-dealkylation sites (tertiary alicyclic amines) is 1. The number of rotatable bonds is 3. The molecule has 0 spiro atoms. The van der Waals surface area contributed by atoms with E-state index in [0.717, 1.165) is 80.2 Å². The maximum atomic E-state index is 13.1. The normalized spacial score (nSPS) is 19.8. The molecule has 0 unspecified atom stereocenters. The van der Waals surface area contributed by atoms with Gasteiger partial charge in [0.15, 0.2) is 6.61 Å². The summed E-state index contributed by atoms with van der Waals surface area (Å²) in [5.74, 6) is 0.0211. The van der Waals surface area contributed by atoms with Gasteiger partial charge in [-0.25, -0.2) is 4.79 Å². The predicted octanol–water partition coefficient (Wildman–Crippen LogP) is 3.92. The van der Waals surface area contributed by atoms with Crippen molar-refractivity contribution in [2.75, 3.05) is 19.7 Å². The third-order valence-electron chi connectivity index (χ3n) is 5.96. The summed E-state index contributed by atoms with van der Waals surface area (Å²) in [6, 6.07) is 7.73. The van der Waals surface area contributed by atoms with E-state index in [9.17, 15) is 9.59 Å². The van der Waals surface area contributed by atoms with Crippen molar-refractivity contribution in [2.24, 2.45) is 5.92 Å². The first kappa shape index (κ1) is 18.9. The number of benzene rings is 1. The van der Waals surface area contributed by atoms with Gasteiger partial charge in [0.05, 0.1) is 11.1 Å². The zero-order valence-electron chi connectivity index (χ0n) is 16.6. The Morgan fingerprint density at radius 2 is 1.96 bits per heavy atom. The Morgan fingerprint density at radius 1 is 1.14 bits per heavy atom. The highest BCUT2D eigenvalue weighted by atomic mass is 16.5. The lowest BCUT2D eigenvalue weighted by Gasteiger charge is -2.30. The van der Waals surface area contributed by atoms with Crippen LogP contribution in [0.15, 0.2) is 24.3 Å². The Hall–Kier alpha value is -2.43. The molecule has 0 saturated carbocycles. The van der Waals surface area contributed by atoms with Crippen LogP contribution in [0.4, 0.5) is 0 Å². The molecule has 28 heavy (non-hydrogen) atoms. The van der Waals surface area contributed by atoms with Crippen molar-refractivity contribution in [3.8, 4) is 0 Å². The number of carbonyl (C=O) groups excluding carboxylic acids is 2. The maximum Gasteiger partial charge on any atom is 0.339 e. The number of nitrogens with zero attached hydrogens (tertiary/aromatic N) is 2. The van der Waals surface area contributed by atoms with Crippen molar-refractivity contribution in [3.63, 3.8) is 0 Å². The molecule has 0 bridgehead atoms. The van der Waals surface area contributed by atoms with E-state index in [2.05, 4.69) is 6.92 Å². The van der Waals surface area contributed by atoms with Crippen LogP contribution in [0.25, 0.3) is 10.9 Å².